The average Bonchev–Trinajstić information content (AvgIpc) is 2.48. The first-order valence-electron chi connectivity index (χ1n) is 7.84. The van der Waals surface area contributed by atoms with Gasteiger partial charge < -0.3 is 10.6 Å². The summed E-state index contributed by atoms with van der Waals surface area (Å²) in [5.74, 6) is 2.03. The molecular formula is C16H25N3S2. The third kappa shape index (κ3) is 6.66. The van der Waals surface area contributed by atoms with Crippen LogP contribution in [-0.2, 0) is 0 Å². The van der Waals surface area contributed by atoms with Gasteiger partial charge in [-0.1, -0.05) is 25.3 Å². The fourth-order valence-corrected chi connectivity index (χ4v) is 4.05. The largest absolute Gasteiger partial charge is 0.362 e. The number of pyridine rings is 1. The number of aryl methyl sites for hydroxylation is 1. The number of nitrogens with one attached hydrogen (secondary N) is 2. The van der Waals surface area contributed by atoms with Crippen LogP contribution in [0.2, 0.25) is 0 Å². The molecule has 1 fully saturated rings. The molecule has 1 aliphatic carbocycles. The smallest absolute Gasteiger partial charge is 0.171 e. The van der Waals surface area contributed by atoms with Gasteiger partial charge in [0.2, 0.25) is 0 Å². The average molecular weight is 324 g/mol. The number of aromatic nitrogens is 1. The summed E-state index contributed by atoms with van der Waals surface area (Å²) in [7, 11) is 0. The van der Waals surface area contributed by atoms with Gasteiger partial charge in [-0.25, -0.2) is 4.98 Å². The van der Waals surface area contributed by atoms with Crippen LogP contribution in [0.1, 0.15) is 44.2 Å². The van der Waals surface area contributed by atoms with Crippen molar-refractivity contribution in [3.63, 3.8) is 0 Å². The number of thiocarbonyl (C=S) groups is 1. The van der Waals surface area contributed by atoms with Crippen molar-refractivity contribution in [3.8, 4) is 0 Å². The third-order valence-corrected chi connectivity index (χ3v) is 5.36. The topological polar surface area (TPSA) is 37.0 Å². The van der Waals surface area contributed by atoms with Gasteiger partial charge in [-0.05, 0) is 56.3 Å². The lowest BCUT2D eigenvalue weighted by Crippen LogP contribution is -2.30. The van der Waals surface area contributed by atoms with Crippen molar-refractivity contribution in [2.75, 3.05) is 17.6 Å². The lowest BCUT2D eigenvalue weighted by atomic mass is 10.0. The minimum Gasteiger partial charge on any atom is -0.362 e. The van der Waals surface area contributed by atoms with Gasteiger partial charge in [0.1, 0.15) is 5.82 Å². The molecular weight excluding hydrogens is 298 g/mol. The molecule has 0 aromatic carbocycles. The van der Waals surface area contributed by atoms with E-state index in [1.54, 1.807) is 0 Å². The van der Waals surface area contributed by atoms with Gasteiger partial charge in [-0.3, -0.25) is 0 Å². The molecule has 21 heavy (non-hydrogen) atoms. The second-order valence-electron chi connectivity index (χ2n) is 5.53. The highest BCUT2D eigenvalue weighted by Gasteiger charge is 2.12. The molecule has 0 aliphatic heterocycles. The molecule has 0 atom stereocenters. The van der Waals surface area contributed by atoms with Gasteiger partial charge >= 0.3 is 0 Å². The van der Waals surface area contributed by atoms with E-state index in [4.69, 9.17) is 12.2 Å². The highest BCUT2D eigenvalue weighted by molar-refractivity contribution is 7.99. The van der Waals surface area contributed by atoms with E-state index in [1.165, 1.54) is 37.9 Å². The molecule has 0 spiro atoms. The maximum Gasteiger partial charge on any atom is 0.171 e. The Morgan fingerprint density at radius 2 is 2.14 bits per heavy atom. The molecule has 0 saturated heterocycles. The third-order valence-electron chi connectivity index (χ3n) is 3.64. The minimum absolute atomic E-state index is 0.663. The molecule has 116 valence electrons. The molecule has 0 bridgehead atoms. The number of thioether (sulfide) groups is 1. The molecule has 1 aliphatic rings. The van der Waals surface area contributed by atoms with Crippen LogP contribution in [0.25, 0.3) is 0 Å². The van der Waals surface area contributed by atoms with Gasteiger partial charge in [0.25, 0.3) is 0 Å². The fraction of sp³-hybridized carbons (Fsp3) is 0.625. The van der Waals surface area contributed by atoms with Crippen LogP contribution < -0.4 is 10.6 Å². The molecule has 2 rings (SSSR count). The van der Waals surface area contributed by atoms with Crippen molar-refractivity contribution in [3.05, 3.63) is 23.9 Å². The van der Waals surface area contributed by atoms with Crippen molar-refractivity contribution in [2.45, 2.75) is 50.7 Å². The van der Waals surface area contributed by atoms with E-state index < -0.39 is 0 Å². The normalized spacial score (nSPS) is 15.7. The molecule has 0 unspecified atom stereocenters. The van der Waals surface area contributed by atoms with Gasteiger partial charge in [-0.2, -0.15) is 11.8 Å². The predicted molar refractivity (Wildman–Crippen MR) is 97.1 cm³/mol. The van der Waals surface area contributed by atoms with Gasteiger partial charge in [0.05, 0.1) is 0 Å². The lowest BCUT2D eigenvalue weighted by Gasteiger charge is -2.20. The van der Waals surface area contributed by atoms with Crippen LogP contribution in [0.3, 0.4) is 0 Å². The monoisotopic (exact) mass is 323 g/mol. The summed E-state index contributed by atoms with van der Waals surface area (Å²) in [6.45, 7) is 2.90. The van der Waals surface area contributed by atoms with Crippen molar-refractivity contribution < 1.29 is 0 Å². The Bertz CT molecular complexity index is 445. The molecule has 1 aromatic rings. The van der Waals surface area contributed by atoms with Gasteiger partial charge in [0, 0.05) is 17.5 Å². The SMILES string of the molecule is Cc1cccc(NC(=S)NCCCSC2CCCCC2)n1. The summed E-state index contributed by atoms with van der Waals surface area (Å²) < 4.78 is 0. The van der Waals surface area contributed by atoms with Crippen LogP contribution in [0.15, 0.2) is 18.2 Å². The first-order valence-corrected chi connectivity index (χ1v) is 9.30. The Kier molecular flexibility index (Phi) is 7.30. The van der Waals surface area contributed by atoms with Gasteiger partial charge in [-0.15, -0.1) is 0 Å². The quantitative estimate of drug-likeness (QED) is 0.608. The molecule has 3 nitrogen and oxygen atoms in total. The van der Waals surface area contributed by atoms with Gasteiger partial charge in [0.15, 0.2) is 5.11 Å². The molecule has 1 saturated carbocycles. The number of rotatable bonds is 6. The van der Waals surface area contributed by atoms with Crippen molar-refractivity contribution in [1.29, 1.82) is 0 Å². The van der Waals surface area contributed by atoms with E-state index in [-0.39, 0.29) is 0 Å². The number of hydrogen-bond acceptors (Lipinski definition) is 3. The Labute approximate surface area is 137 Å². The van der Waals surface area contributed by atoms with E-state index in [1.807, 2.05) is 25.1 Å². The van der Waals surface area contributed by atoms with Crippen molar-refractivity contribution in [2.24, 2.45) is 0 Å². The molecule has 0 amide bonds. The molecule has 0 radical (unpaired) electrons. The van der Waals surface area contributed by atoms with Crippen molar-refractivity contribution in [1.82, 2.24) is 10.3 Å². The predicted octanol–water partition coefficient (Wildman–Crippen LogP) is 4.13. The minimum atomic E-state index is 0.663. The standard InChI is InChI=1S/C16H25N3S2/c1-13-7-5-10-15(18-13)19-16(20)17-11-6-12-21-14-8-3-2-4-9-14/h5,7,10,14H,2-4,6,8-9,11-12H2,1H3,(H2,17,18,19,20). The Balaban J connectivity index is 1.54. The van der Waals surface area contributed by atoms with E-state index in [2.05, 4.69) is 27.4 Å². The van der Waals surface area contributed by atoms with E-state index in [9.17, 15) is 0 Å². The Hall–Kier alpha value is -0.810. The summed E-state index contributed by atoms with van der Waals surface area (Å²) >= 11 is 7.42. The number of nitrogens with zero attached hydrogens (tertiary/aromatic N) is 1. The second kappa shape index (κ2) is 9.26. The Morgan fingerprint density at radius 3 is 2.90 bits per heavy atom. The van der Waals surface area contributed by atoms with Crippen LogP contribution in [-0.4, -0.2) is 27.6 Å². The van der Waals surface area contributed by atoms with Crippen LogP contribution in [0.5, 0.6) is 0 Å². The summed E-state index contributed by atoms with van der Waals surface area (Å²) in [6.07, 6.45) is 8.27. The first kappa shape index (κ1) is 16.6. The Morgan fingerprint density at radius 1 is 1.33 bits per heavy atom. The van der Waals surface area contributed by atoms with Crippen molar-refractivity contribution >= 4 is 34.9 Å². The van der Waals surface area contributed by atoms with Crippen LogP contribution >= 0.6 is 24.0 Å². The molecule has 1 aromatic heterocycles. The van der Waals surface area contributed by atoms with Crippen LogP contribution in [0.4, 0.5) is 5.82 Å². The molecule has 5 heteroatoms. The van der Waals surface area contributed by atoms with Crippen LogP contribution in [0, 0.1) is 6.92 Å². The van der Waals surface area contributed by atoms with E-state index in [0.29, 0.717) is 5.11 Å². The maximum atomic E-state index is 5.29. The summed E-state index contributed by atoms with van der Waals surface area (Å²) in [4.78, 5) is 4.38. The number of anilines is 1. The molecule has 1 heterocycles. The maximum absolute atomic E-state index is 5.29. The molecule has 2 N–H and O–H groups in total. The summed E-state index contributed by atoms with van der Waals surface area (Å²) in [6, 6.07) is 5.89. The zero-order valence-electron chi connectivity index (χ0n) is 12.7. The zero-order chi connectivity index (χ0) is 14.9. The summed E-state index contributed by atoms with van der Waals surface area (Å²) in [5, 5.41) is 7.95. The van der Waals surface area contributed by atoms with E-state index in [0.717, 1.165) is 29.7 Å². The summed E-state index contributed by atoms with van der Waals surface area (Å²) in [5.41, 5.74) is 0.992. The lowest BCUT2D eigenvalue weighted by molar-refractivity contribution is 0.516. The second-order valence-corrected chi connectivity index (χ2v) is 7.35. The fourth-order valence-electron chi connectivity index (χ4n) is 2.53. The number of hydrogen-bond donors (Lipinski definition) is 2. The highest BCUT2D eigenvalue weighted by Crippen LogP contribution is 2.28. The first-order chi connectivity index (χ1) is 10.2. The van der Waals surface area contributed by atoms with E-state index >= 15 is 0 Å². The highest BCUT2D eigenvalue weighted by atomic mass is 32.2. The zero-order valence-corrected chi connectivity index (χ0v) is 14.4.